The first kappa shape index (κ1) is 16.4. The van der Waals surface area contributed by atoms with E-state index in [9.17, 15) is 4.79 Å². The maximum atomic E-state index is 12.2. The zero-order chi connectivity index (χ0) is 15.2. The average Bonchev–Trinajstić information content (AvgIpc) is 2.48. The third-order valence-corrected chi connectivity index (χ3v) is 4.76. The Morgan fingerprint density at radius 3 is 2.29 bits per heavy atom. The number of carbonyl (C=O) groups is 1. The van der Waals surface area contributed by atoms with Crippen molar-refractivity contribution in [1.29, 1.82) is 0 Å². The smallest absolute Gasteiger partial charge is 0.165 e. The third-order valence-electron chi connectivity index (χ3n) is 3.29. The minimum atomic E-state index is 0.168. The lowest BCUT2D eigenvalue weighted by atomic mass is 10.1. The van der Waals surface area contributed by atoms with Gasteiger partial charge < -0.3 is 4.90 Å². The molecule has 4 heteroatoms. The van der Waals surface area contributed by atoms with Crippen LogP contribution in [-0.2, 0) is 6.54 Å². The van der Waals surface area contributed by atoms with Gasteiger partial charge in [-0.3, -0.25) is 4.79 Å². The molecule has 0 aliphatic rings. The van der Waals surface area contributed by atoms with Gasteiger partial charge in [-0.05, 0) is 24.7 Å². The van der Waals surface area contributed by atoms with Crippen LogP contribution in [0.15, 0.2) is 57.5 Å². The van der Waals surface area contributed by atoms with Crippen molar-refractivity contribution in [2.45, 2.75) is 13.0 Å². The molecule has 110 valence electrons. The molecule has 0 unspecified atom stereocenters. The highest BCUT2D eigenvalue weighted by Gasteiger charge is 2.11. The number of Topliss-reactive ketones (excluding diaryl/α,β-unsaturated/α-hetero) is 1. The second-order valence-corrected chi connectivity index (χ2v) is 6.69. The highest BCUT2D eigenvalue weighted by Crippen LogP contribution is 2.19. The van der Waals surface area contributed by atoms with Gasteiger partial charge in [0.15, 0.2) is 5.78 Å². The van der Waals surface area contributed by atoms with Gasteiger partial charge in [0.1, 0.15) is 0 Å². The largest absolute Gasteiger partial charge is 0.302 e. The Morgan fingerprint density at radius 1 is 1.00 bits per heavy atom. The van der Waals surface area contributed by atoms with Crippen molar-refractivity contribution in [2.75, 3.05) is 13.6 Å². The lowest BCUT2D eigenvalue weighted by molar-refractivity contribution is 0.0967. The summed E-state index contributed by atoms with van der Waals surface area (Å²) in [6.07, 6.45) is 0.517. The highest BCUT2D eigenvalue weighted by molar-refractivity contribution is 9.10. The Balaban J connectivity index is 1.90. The number of hydrogen-bond donors (Lipinski definition) is 0. The topological polar surface area (TPSA) is 20.3 Å². The molecule has 21 heavy (non-hydrogen) atoms. The zero-order valence-electron chi connectivity index (χ0n) is 11.9. The van der Waals surface area contributed by atoms with Crippen molar-refractivity contribution in [2.24, 2.45) is 0 Å². The summed E-state index contributed by atoms with van der Waals surface area (Å²) in [6, 6.07) is 15.7. The molecule has 0 saturated carbocycles. The molecule has 0 aliphatic carbocycles. The van der Waals surface area contributed by atoms with Gasteiger partial charge in [0.2, 0.25) is 0 Å². The van der Waals surface area contributed by atoms with Gasteiger partial charge in [0.25, 0.3) is 0 Å². The first-order chi connectivity index (χ1) is 10.1. The molecular formula is C17H17Br2NO. The Bertz CT molecular complexity index is 628. The summed E-state index contributed by atoms with van der Waals surface area (Å²) in [6.45, 7) is 1.56. The lowest BCUT2D eigenvalue weighted by Crippen LogP contribution is -2.21. The van der Waals surface area contributed by atoms with Gasteiger partial charge in [-0.2, -0.15) is 0 Å². The fraction of sp³-hybridized carbons (Fsp3) is 0.235. The van der Waals surface area contributed by atoms with E-state index in [0.29, 0.717) is 6.42 Å². The van der Waals surface area contributed by atoms with Crippen LogP contribution in [-0.4, -0.2) is 24.3 Å². The van der Waals surface area contributed by atoms with Crippen LogP contribution >= 0.6 is 31.9 Å². The fourth-order valence-corrected chi connectivity index (χ4v) is 3.03. The minimum absolute atomic E-state index is 0.168. The molecule has 2 aromatic rings. The highest BCUT2D eigenvalue weighted by atomic mass is 79.9. The van der Waals surface area contributed by atoms with E-state index in [1.54, 1.807) is 0 Å². The summed E-state index contributed by atoms with van der Waals surface area (Å²) in [5.74, 6) is 0.168. The maximum Gasteiger partial charge on any atom is 0.165 e. The summed E-state index contributed by atoms with van der Waals surface area (Å²) < 4.78 is 1.97. The summed E-state index contributed by atoms with van der Waals surface area (Å²) >= 11 is 6.98. The second kappa shape index (κ2) is 7.87. The van der Waals surface area contributed by atoms with Crippen molar-refractivity contribution >= 4 is 37.6 Å². The monoisotopic (exact) mass is 409 g/mol. The van der Waals surface area contributed by atoms with E-state index in [-0.39, 0.29) is 5.78 Å². The second-order valence-electron chi connectivity index (χ2n) is 4.98. The molecule has 0 N–H and O–H groups in total. The summed E-state index contributed by atoms with van der Waals surface area (Å²) in [5, 5.41) is 0. The fourth-order valence-electron chi connectivity index (χ4n) is 2.11. The number of ketones is 1. The van der Waals surface area contributed by atoms with Crippen molar-refractivity contribution < 1.29 is 4.79 Å². The molecular weight excluding hydrogens is 394 g/mol. The summed E-state index contributed by atoms with van der Waals surface area (Å²) in [4.78, 5) is 14.4. The van der Waals surface area contributed by atoms with Gasteiger partial charge in [0, 0.05) is 34.0 Å². The minimum Gasteiger partial charge on any atom is -0.302 e. The molecule has 0 spiro atoms. The molecule has 0 amide bonds. The van der Waals surface area contributed by atoms with Crippen LogP contribution in [0.3, 0.4) is 0 Å². The van der Waals surface area contributed by atoms with Crippen LogP contribution in [0, 0.1) is 0 Å². The van der Waals surface area contributed by atoms with Crippen molar-refractivity contribution in [3.05, 3.63) is 68.6 Å². The van der Waals surface area contributed by atoms with Gasteiger partial charge in [-0.1, -0.05) is 68.3 Å². The molecule has 0 saturated heterocycles. The molecule has 2 aromatic carbocycles. The van der Waals surface area contributed by atoms with Crippen molar-refractivity contribution in [3.63, 3.8) is 0 Å². The normalized spacial score (nSPS) is 10.9. The molecule has 0 aliphatic heterocycles. The van der Waals surface area contributed by atoms with E-state index in [2.05, 4.69) is 42.8 Å². The van der Waals surface area contributed by atoms with Crippen LogP contribution in [0.2, 0.25) is 0 Å². The van der Waals surface area contributed by atoms with Crippen LogP contribution < -0.4 is 0 Å². The Kier molecular flexibility index (Phi) is 6.15. The Morgan fingerprint density at radius 2 is 1.62 bits per heavy atom. The molecule has 2 nitrogen and oxygen atoms in total. The number of hydrogen-bond acceptors (Lipinski definition) is 2. The first-order valence-corrected chi connectivity index (χ1v) is 8.36. The number of rotatable bonds is 6. The van der Waals surface area contributed by atoms with Crippen LogP contribution in [0.5, 0.6) is 0 Å². The summed E-state index contributed by atoms with van der Waals surface area (Å²) in [5.41, 5.74) is 1.99. The van der Waals surface area contributed by atoms with Crippen LogP contribution in [0.25, 0.3) is 0 Å². The molecule has 0 bridgehead atoms. The van der Waals surface area contributed by atoms with E-state index < -0.39 is 0 Å². The van der Waals surface area contributed by atoms with E-state index in [1.807, 2.05) is 49.5 Å². The summed E-state index contributed by atoms with van der Waals surface area (Å²) in [7, 11) is 2.03. The average molecular weight is 411 g/mol. The van der Waals surface area contributed by atoms with E-state index in [0.717, 1.165) is 27.6 Å². The van der Waals surface area contributed by atoms with E-state index >= 15 is 0 Å². The van der Waals surface area contributed by atoms with Crippen molar-refractivity contribution in [1.82, 2.24) is 4.90 Å². The third kappa shape index (κ3) is 4.77. The SMILES string of the molecule is CN(CCC(=O)c1ccccc1Br)Cc1ccccc1Br. The van der Waals surface area contributed by atoms with Crippen LogP contribution in [0.4, 0.5) is 0 Å². The first-order valence-electron chi connectivity index (χ1n) is 6.77. The number of carbonyl (C=O) groups excluding carboxylic acids is 1. The van der Waals surface area contributed by atoms with Crippen LogP contribution in [0.1, 0.15) is 22.3 Å². The molecule has 0 atom stereocenters. The van der Waals surface area contributed by atoms with Gasteiger partial charge in [-0.25, -0.2) is 0 Å². The number of benzene rings is 2. The maximum absolute atomic E-state index is 12.2. The van der Waals surface area contributed by atoms with Gasteiger partial charge >= 0.3 is 0 Å². The predicted molar refractivity (Wildman–Crippen MR) is 93.6 cm³/mol. The van der Waals surface area contributed by atoms with E-state index in [4.69, 9.17) is 0 Å². The quantitative estimate of drug-likeness (QED) is 0.630. The molecule has 0 fully saturated rings. The Hall–Kier alpha value is -0.970. The lowest BCUT2D eigenvalue weighted by Gasteiger charge is -2.17. The molecule has 0 heterocycles. The number of halogens is 2. The molecule has 0 radical (unpaired) electrons. The molecule has 2 rings (SSSR count). The van der Waals surface area contributed by atoms with Gasteiger partial charge in [-0.15, -0.1) is 0 Å². The Labute approximate surface area is 142 Å². The van der Waals surface area contributed by atoms with Crippen molar-refractivity contribution in [3.8, 4) is 0 Å². The predicted octanol–water partition coefficient (Wildman–Crippen LogP) is 4.92. The molecule has 0 aromatic heterocycles. The van der Waals surface area contributed by atoms with Gasteiger partial charge in [0.05, 0.1) is 0 Å². The number of nitrogens with zero attached hydrogens (tertiary/aromatic N) is 1. The van der Waals surface area contributed by atoms with E-state index in [1.165, 1.54) is 5.56 Å². The zero-order valence-corrected chi connectivity index (χ0v) is 15.0. The standard InChI is InChI=1S/C17H17Br2NO/c1-20(12-13-6-2-4-8-15(13)18)11-10-17(21)14-7-3-5-9-16(14)19/h2-9H,10-12H2,1H3.